The van der Waals surface area contributed by atoms with Crippen molar-refractivity contribution in [2.24, 2.45) is 11.8 Å². The van der Waals surface area contributed by atoms with Gasteiger partial charge in [0.2, 0.25) is 0 Å². The normalized spacial score (nSPS) is 12.9. The SMILES string of the molecule is CC(C)CC(=CC#N)c1c(F)c(F)c(C(C#N)c2c(F)c(F)c(C(=CC#N)CC(C)C)c(F)c2F)c(F)c1F. The van der Waals surface area contributed by atoms with E-state index in [1.165, 1.54) is 12.1 Å². The summed E-state index contributed by atoms with van der Waals surface area (Å²) in [4.78, 5) is 0. The van der Waals surface area contributed by atoms with Crippen LogP contribution in [0, 0.1) is 92.4 Å². The third-order valence-electron chi connectivity index (χ3n) is 5.68. The van der Waals surface area contributed by atoms with Crippen molar-refractivity contribution < 1.29 is 35.1 Å². The van der Waals surface area contributed by atoms with Crippen LogP contribution in [0.15, 0.2) is 12.2 Å². The minimum Gasteiger partial charge on any atom is -0.203 e. The number of benzene rings is 2. The van der Waals surface area contributed by atoms with Crippen molar-refractivity contribution in [1.82, 2.24) is 0 Å². The topological polar surface area (TPSA) is 71.4 Å². The van der Waals surface area contributed by atoms with E-state index >= 15 is 35.1 Å². The molecule has 0 saturated carbocycles. The first-order valence-electron chi connectivity index (χ1n) is 11.5. The van der Waals surface area contributed by atoms with E-state index in [-0.39, 0.29) is 24.7 Å². The highest BCUT2D eigenvalue weighted by molar-refractivity contribution is 5.71. The zero-order valence-electron chi connectivity index (χ0n) is 21.2. The van der Waals surface area contributed by atoms with Crippen molar-refractivity contribution >= 4 is 11.1 Å². The maximum Gasteiger partial charge on any atom is 0.169 e. The molecule has 0 bridgehead atoms. The van der Waals surface area contributed by atoms with Crippen molar-refractivity contribution in [3.05, 3.63) is 80.9 Å². The minimum absolute atomic E-state index is 0.197. The summed E-state index contributed by atoms with van der Waals surface area (Å²) in [6, 6.07) is 4.06. The van der Waals surface area contributed by atoms with Crippen LogP contribution in [0.3, 0.4) is 0 Å². The van der Waals surface area contributed by atoms with Crippen molar-refractivity contribution in [3.8, 4) is 18.2 Å². The van der Waals surface area contributed by atoms with E-state index < -0.39 is 85.9 Å². The standard InChI is InChI=1S/C28H21F8N3/c1-12(2)9-14(5-7-37)17-21(29)25(33)19(26(34)22(17)30)16(11-39)20-27(35)23(31)18(24(32)28(20)36)15(6-8-38)10-13(3)4/h5-6,12-13,16H,9-10H2,1-4H3. The Morgan fingerprint density at radius 3 is 1.05 bits per heavy atom. The van der Waals surface area contributed by atoms with Crippen molar-refractivity contribution in [3.63, 3.8) is 0 Å². The molecule has 39 heavy (non-hydrogen) atoms. The number of halogens is 8. The average Bonchev–Trinajstić information content (AvgIpc) is 2.85. The van der Waals surface area contributed by atoms with E-state index in [1.54, 1.807) is 27.7 Å². The van der Waals surface area contributed by atoms with Gasteiger partial charge in [-0.15, -0.1) is 0 Å². The molecule has 0 amide bonds. The fourth-order valence-corrected chi connectivity index (χ4v) is 4.14. The summed E-state index contributed by atoms with van der Waals surface area (Å²) >= 11 is 0. The van der Waals surface area contributed by atoms with Gasteiger partial charge in [-0.05, 0) is 35.8 Å². The van der Waals surface area contributed by atoms with Crippen molar-refractivity contribution in [2.75, 3.05) is 0 Å². The molecule has 0 aliphatic heterocycles. The van der Waals surface area contributed by atoms with Gasteiger partial charge in [0.05, 0.1) is 40.5 Å². The molecule has 2 aromatic carbocycles. The van der Waals surface area contributed by atoms with Gasteiger partial charge in [0.15, 0.2) is 46.5 Å². The molecule has 204 valence electrons. The van der Waals surface area contributed by atoms with Gasteiger partial charge in [0.1, 0.15) is 5.92 Å². The van der Waals surface area contributed by atoms with Gasteiger partial charge in [-0.3, -0.25) is 0 Å². The van der Waals surface area contributed by atoms with Crippen LogP contribution >= 0.6 is 0 Å². The van der Waals surface area contributed by atoms with Crippen molar-refractivity contribution in [2.45, 2.75) is 46.5 Å². The van der Waals surface area contributed by atoms with E-state index in [0.29, 0.717) is 12.2 Å². The highest BCUT2D eigenvalue weighted by atomic mass is 19.2. The van der Waals surface area contributed by atoms with Gasteiger partial charge in [-0.1, -0.05) is 27.7 Å². The number of allylic oxidation sites excluding steroid dienone is 4. The molecule has 0 heterocycles. The first-order valence-corrected chi connectivity index (χ1v) is 11.5. The molecule has 0 aliphatic carbocycles. The Labute approximate surface area is 219 Å². The Hall–Kier alpha value is -4.17. The van der Waals surface area contributed by atoms with E-state index in [1.807, 2.05) is 0 Å². The van der Waals surface area contributed by atoms with Gasteiger partial charge in [-0.2, -0.15) is 15.8 Å². The maximum atomic E-state index is 15.2. The van der Waals surface area contributed by atoms with Gasteiger partial charge >= 0.3 is 0 Å². The molecule has 0 aromatic heterocycles. The Morgan fingerprint density at radius 2 is 0.846 bits per heavy atom. The van der Waals surface area contributed by atoms with Crippen LogP contribution in [0.4, 0.5) is 35.1 Å². The molecule has 2 aromatic rings. The van der Waals surface area contributed by atoms with E-state index in [4.69, 9.17) is 10.5 Å². The summed E-state index contributed by atoms with van der Waals surface area (Å²) in [7, 11) is 0. The summed E-state index contributed by atoms with van der Waals surface area (Å²) in [5.74, 6) is -20.8. The van der Waals surface area contributed by atoms with Crippen LogP contribution in [-0.4, -0.2) is 0 Å². The quantitative estimate of drug-likeness (QED) is 0.188. The number of hydrogen-bond donors (Lipinski definition) is 0. The molecule has 0 atom stereocenters. The summed E-state index contributed by atoms with van der Waals surface area (Å²) in [6.07, 6.45) is 0.928. The number of rotatable bonds is 8. The van der Waals surface area contributed by atoms with Gasteiger partial charge in [0, 0.05) is 12.2 Å². The zero-order valence-corrected chi connectivity index (χ0v) is 21.2. The number of nitriles is 3. The Balaban J connectivity index is 2.93. The molecule has 0 unspecified atom stereocenters. The minimum atomic E-state index is -2.87. The summed E-state index contributed by atoms with van der Waals surface area (Å²) in [6.45, 7) is 6.35. The first-order chi connectivity index (χ1) is 18.2. The van der Waals surface area contributed by atoms with Gasteiger partial charge in [-0.25, -0.2) is 35.1 Å². The van der Waals surface area contributed by atoms with Gasteiger partial charge < -0.3 is 0 Å². The second-order valence-electron chi connectivity index (χ2n) is 9.44. The molecule has 0 radical (unpaired) electrons. The largest absolute Gasteiger partial charge is 0.203 e. The first kappa shape index (κ1) is 31.1. The zero-order chi connectivity index (χ0) is 29.8. The molecule has 0 spiro atoms. The molecule has 0 aliphatic rings. The van der Waals surface area contributed by atoms with Crippen molar-refractivity contribution in [1.29, 1.82) is 15.8 Å². The third-order valence-corrected chi connectivity index (χ3v) is 5.68. The Morgan fingerprint density at radius 1 is 0.564 bits per heavy atom. The predicted molar refractivity (Wildman–Crippen MR) is 126 cm³/mol. The van der Waals surface area contributed by atoms with Crippen LogP contribution in [0.1, 0.15) is 68.7 Å². The van der Waals surface area contributed by atoms with E-state index in [9.17, 15) is 5.26 Å². The highest BCUT2D eigenvalue weighted by Crippen LogP contribution is 2.41. The monoisotopic (exact) mass is 551 g/mol. The van der Waals surface area contributed by atoms with Crippen LogP contribution in [0.25, 0.3) is 11.1 Å². The Bertz CT molecular complexity index is 1320. The molecule has 0 N–H and O–H groups in total. The Kier molecular flexibility index (Phi) is 10.0. The molecule has 0 fully saturated rings. The number of nitrogens with zero attached hydrogens (tertiary/aromatic N) is 3. The average molecular weight is 551 g/mol. The van der Waals surface area contributed by atoms with E-state index in [2.05, 4.69) is 0 Å². The lowest BCUT2D eigenvalue weighted by Gasteiger charge is -2.20. The summed E-state index contributed by atoms with van der Waals surface area (Å²) in [5.41, 5.74) is -7.04. The van der Waals surface area contributed by atoms with Gasteiger partial charge in [0.25, 0.3) is 0 Å². The molecule has 0 saturated heterocycles. The van der Waals surface area contributed by atoms with E-state index in [0.717, 1.165) is 6.07 Å². The molecular weight excluding hydrogens is 530 g/mol. The lowest BCUT2D eigenvalue weighted by molar-refractivity contribution is 0.417. The lowest BCUT2D eigenvalue weighted by atomic mass is 9.85. The maximum absolute atomic E-state index is 15.2. The molecular formula is C28H21F8N3. The molecule has 11 heteroatoms. The molecule has 3 nitrogen and oxygen atoms in total. The fraction of sp³-hybridized carbons (Fsp3) is 0.321. The second-order valence-corrected chi connectivity index (χ2v) is 9.44. The van der Waals surface area contributed by atoms with Crippen LogP contribution in [0.5, 0.6) is 0 Å². The fourth-order valence-electron chi connectivity index (χ4n) is 4.14. The summed E-state index contributed by atoms with van der Waals surface area (Å²) < 4.78 is 121. The van der Waals surface area contributed by atoms with Crippen LogP contribution in [0.2, 0.25) is 0 Å². The smallest absolute Gasteiger partial charge is 0.169 e. The van der Waals surface area contributed by atoms with Crippen LogP contribution < -0.4 is 0 Å². The summed E-state index contributed by atoms with van der Waals surface area (Å²) in [5, 5.41) is 27.4. The molecule has 2 rings (SSSR count). The second kappa shape index (κ2) is 12.6. The number of hydrogen-bond acceptors (Lipinski definition) is 3. The highest BCUT2D eigenvalue weighted by Gasteiger charge is 2.38. The third kappa shape index (κ3) is 5.96. The predicted octanol–water partition coefficient (Wildman–Crippen LogP) is 8.36. The lowest BCUT2D eigenvalue weighted by Crippen LogP contribution is -2.17. The van der Waals surface area contributed by atoms with Crippen LogP contribution in [-0.2, 0) is 0 Å².